The zero-order valence-corrected chi connectivity index (χ0v) is 18.7. The van der Waals surface area contributed by atoms with E-state index in [0.29, 0.717) is 6.61 Å². The lowest BCUT2D eigenvalue weighted by Crippen LogP contribution is -2.30. The third kappa shape index (κ3) is 4.39. The van der Waals surface area contributed by atoms with Crippen molar-refractivity contribution in [2.24, 2.45) is 0 Å². The number of nitrogens with one attached hydrogen (secondary N) is 1. The monoisotopic (exact) mass is 395 g/mol. The van der Waals surface area contributed by atoms with E-state index in [2.05, 4.69) is 50.4 Å². The first-order chi connectivity index (χ1) is 13.6. The first-order valence-electron chi connectivity index (χ1n) is 10.4. The summed E-state index contributed by atoms with van der Waals surface area (Å²) in [4.78, 5) is 13.1. The summed E-state index contributed by atoms with van der Waals surface area (Å²) < 4.78 is 11.8. The Morgan fingerprint density at radius 3 is 2.17 bits per heavy atom. The van der Waals surface area contributed by atoms with Crippen molar-refractivity contribution in [3.05, 3.63) is 57.6 Å². The Hall–Kier alpha value is -2.17. The Labute approximate surface area is 174 Å². The van der Waals surface area contributed by atoms with Crippen LogP contribution in [0.5, 0.6) is 0 Å². The number of hydrogen-bond acceptors (Lipinski definition) is 4. The first kappa shape index (κ1) is 21.5. The Kier molecular flexibility index (Phi) is 6.16. The molecule has 1 N–H and O–H groups in total. The zero-order valence-electron chi connectivity index (χ0n) is 18.7. The molecule has 0 bridgehead atoms. The summed E-state index contributed by atoms with van der Waals surface area (Å²) in [5.74, 6) is -0.329. The van der Waals surface area contributed by atoms with Gasteiger partial charge in [-0.2, -0.15) is 0 Å². The molecular weight excluding hydrogens is 362 g/mol. The molecule has 156 valence electrons. The third-order valence-corrected chi connectivity index (χ3v) is 5.50. The van der Waals surface area contributed by atoms with Crippen LogP contribution in [0.4, 0.5) is 0 Å². The van der Waals surface area contributed by atoms with E-state index in [0.717, 1.165) is 35.3 Å². The van der Waals surface area contributed by atoms with Crippen LogP contribution in [-0.4, -0.2) is 18.2 Å². The number of benzene rings is 2. The molecule has 4 nitrogen and oxygen atoms in total. The molecule has 2 aromatic carbocycles. The fourth-order valence-corrected chi connectivity index (χ4v) is 4.16. The molecule has 1 unspecified atom stereocenters. The summed E-state index contributed by atoms with van der Waals surface area (Å²) in [7, 11) is 0. The fourth-order valence-electron chi connectivity index (χ4n) is 4.16. The maximum atomic E-state index is 13.1. The van der Waals surface area contributed by atoms with Gasteiger partial charge in [0.25, 0.3) is 0 Å². The molecule has 0 spiro atoms. The van der Waals surface area contributed by atoms with E-state index >= 15 is 0 Å². The van der Waals surface area contributed by atoms with Gasteiger partial charge in [0.05, 0.1) is 12.2 Å². The van der Waals surface area contributed by atoms with Crippen molar-refractivity contribution in [1.29, 1.82) is 0 Å². The van der Waals surface area contributed by atoms with Crippen molar-refractivity contribution in [3.63, 3.8) is 0 Å². The van der Waals surface area contributed by atoms with Crippen LogP contribution in [0, 0.1) is 20.8 Å². The van der Waals surface area contributed by atoms with Gasteiger partial charge < -0.3 is 14.8 Å². The van der Waals surface area contributed by atoms with Gasteiger partial charge in [-0.3, -0.25) is 0 Å². The molecule has 0 fully saturated rings. The van der Waals surface area contributed by atoms with E-state index in [4.69, 9.17) is 9.47 Å². The molecule has 0 saturated heterocycles. The highest BCUT2D eigenvalue weighted by Crippen LogP contribution is 2.42. The first-order valence-corrected chi connectivity index (χ1v) is 10.4. The van der Waals surface area contributed by atoms with Gasteiger partial charge in [-0.05, 0) is 81.8 Å². The molecule has 4 heteroatoms. The van der Waals surface area contributed by atoms with Crippen molar-refractivity contribution in [2.75, 3.05) is 6.61 Å². The lowest BCUT2D eigenvalue weighted by atomic mass is 9.83. The van der Waals surface area contributed by atoms with Gasteiger partial charge in [0.15, 0.2) is 6.10 Å². The van der Waals surface area contributed by atoms with Crippen LogP contribution in [0.15, 0.2) is 24.3 Å². The lowest BCUT2D eigenvalue weighted by Gasteiger charge is -2.31. The smallest absolute Gasteiger partial charge is 0.339 e. The number of carbonyl (C=O) groups is 1. The SMILES string of the molecule is CCOC(=O)C(OC(C)(C)C)c1c(C)c2c(c(C)c1-c1ccc(C)cc1)CNC2. The van der Waals surface area contributed by atoms with Crippen LogP contribution in [0.3, 0.4) is 0 Å². The largest absolute Gasteiger partial charge is 0.464 e. The average molecular weight is 396 g/mol. The van der Waals surface area contributed by atoms with Crippen LogP contribution in [0.2, 0.25) is 0 Å². The molecule has 1 aliphatic heterocycles. The van der Waals surface area contributed by atoms with Gasteiger partial charge >= 0.3 is 5.97 Å². The summed E-state index contributed by atoms with van der Waals surface area (Å²) in [6, 6.07) is 8.50. The predicted octanol–water partition coefficient (Wildman–Crippen LogP) is 5.30. The summed E-state index contributed by atoms with van der Waals surface area (Å²) in [6.45, 7) is 16.1. The topological polar surface area (TPSA) is 47.6 Å². The Balaban J connectivity index is 2.31. The van der Waals surface area contributed by atoms with Gasteiger partial charge in [-0.25, -0.2) is 4.79 Å². The second-order valence-electron chi connectivity index (χ2n) is 8.83. The Morgan fingerprint density at radius 2 is 1.62 bits per heavy atom. The second kappa shape index (κ2) is 8.29. The number of hydrogen-bond donors (Lipinski definition) is 1. The normalized spacial score (nSPS) is 14.6. The van der Waals surface area contributed by atoms with Gasteiger partial charge in [-0.1, -0.05) is 29.8 Å². The maximum absolute atomic E-state index is 13.1. The molecule has 0 radical (unpaired) electrons. The summed E-state index contributed by atoms with van der Waals surface area (Å²) in [6.07, 6.45) is -0.768. The van der Waals surface area contributed by atoms with Crippen molar-refractivity contribution < 1.29 is 14.3 Å². The van der Waals surface area contributed by atoms with Crippen LogP contribution in [0.1, 0.15) is 67.2 Å². The van der Waals surface area contributed by atoms with E-state index in [1.165, 1.54) is 22.3 Å². The minimum Gasteiger partial charge on any atom is -0.464 e. The molecule has 1 aliphatic rings. The van der Waals surface area contributed by atoms with Crippen LogP contribution >= 0.6 is 0 Å². The summed E-state index contributed by atoms with van der Waals surface area (Å²) in [5.41, 5.74) is 8.79. The predicted molar refractivity (Wildman–Crippen MR) is 117 cm³/mol. The number of aryl methyl sites for hydroxylation is 1. The number of ether oxygens (including phenoxy) is 2. The van der Waals surface area contributed by atoms with Crippen LogP contribution < -0.4 is 5.32 Å². The molecule has 0 amide bonds. The molecule has 1 heterocycles. The van der Waals surface area contributed by atoms with Gasteiger partial charge in [0.2, 0.25) is 0 Å². The zero-order chi connectivity index (χ0) is 21.3. The van der Waals surface area contributed by atoms with Crippen molar-refractivity contribution in [1.82, 2.24) is 5.32 Å². The third-order valence-electron chi connectivity index (χ3n) is 5.50. The van der Waals surface area contributed by atoms with E-state index in [9.17, 15) is 4.79 Å². The molecule has 0 aliphatic carbocycles. The van der Waals surface area contributed by atoms with Crippen molar-refractivity contribution >= 4 is 5.97 Å². The maximum Gasteiger partial charge on any atom is 0.339 e. The summed E-state index contributed by atoms with van der Waals surface area (Å²) in [5, 5.41) is 3.47. The van der Waals surface area contributed by atoms with E-state index in [1.807, 2.05) is 27.7 Å². The number of rotatable bonds is 5. The quantitative estimate of drug-likeness (QED) is 0.698. The Morgan fingerprint density at radius 1 is 1.03 bits per heavy atom. The van der Waals surface area contributed by atoms with Crippen molar-refractivity contribution in [3.8, 4) is 11.1 Å². The number of fused-ring (bicyclic) bond motifs is 1. The minimum absolute atomic E-state index is 0.327. The van der Waals surface area contributed by atoms with Crippen LogP contribution in [-0.2, 0) is 27.4 Å². The fraction of sp³-hybridized carbons (Fsp3) is 0.480. The molecule has 1 atom stereocenters. The summed E-state index contributed by atoms with van der Waals surface area (Å²) >= 11 is 0. The lowest BCUT2D eigenvalue weighted by molar-refractivity contribution is -0.166. The van der Waals surface area contributed by atoms with E-state index < -0.39 is 11.7 Å². The molecule has 3 rings (SSSR count). The van der Waals surface area contributed by atoms with Gasteiger partial charge in [0.1, 0.15) is 0 Å². The van der Waals surface area contributed by atoms with Gasteiger partial charge in [0, 0.05) is 18.7 Å². The molecular formula is C25H33NO3. The van der Waals surface area contributed by atoms with Crippen LogP contribution in [0.25, 0.3) is 11.1 Å². The number of carbonyl (C=O) groups excluding carboxylic acids is 1. The standard InChI is InChI=1S/C25H33NO3/c1-8-28-24(27)23(29-25(5,6)7)22-17(4)20-14-26-13-19(20)16(3)21(22)18-11-9-15(2)10-12-18/h9-12,23,26H,8,13-14H2,1-7H3. The average Bonchev–Trinajstić information content (AvgIpc) is 3.14. The minimum atomic E-state index is -0.768. The molecule has 0 aromatic heterocycles. The highest BCUT2D eigenvalue weighted by molar-refractivity contribution is 5.85. The van der Waals surface area contributed by atoms with E-state index in [-0.39, 0.29) is 5.97 Å². The van der Waals surface area contributed by atoms with E-state index in [1.54, 1.807) is 0 Å². The number of esters is 1. The molecule has 2 aromatic rings. The Bertz CT molecular complexity index is 907. The second-order valence-corrected chi connectivity index (χ2v) is 8.83. The molecule has 29 heavy (non-hydrogen) atoms. The van der Waals surface area contributed by atoms with Gasteiger partial charge in [-0.15, -0.1) is 0 Å². The van der Waals surface area contributed by atoms with Crippen molar-refractivity contribution in [2.45, 2.75) is 73.3 Å². The highest BCUT2D eigenvalue weighted by Gasteiger charge is 2.35. The molecule has 0 saturated carbocycles. The highest BCUT2D eigenvalue weighted by atomic mass is 16.6.